The van der Waals surface area contributed by atoms with Gasteiger partial charge in [-0.2, -0.15) is 0 Å². The van der Waals surface area contributed by atoms with Crippen molar-refractivity contribution >= 4 is 29.9 Å². The highest BCUT2D eigenvalue weighted by Gasteiger charge is 2.35. The van der Waals surface area contributed by atoms with Crippen molar-refractivity contribution in [2.45, 2.75) is 64.8 Å². The fraction of sp³-hybridized carbons (Fsp3) is 0.938. The van der Waals surface area contributed by atoms with E-state index in [9.17, 15) is 0 Å². The molecular weight excluding hydrogens is 391 g/mol. The van der Waals surface area contributed by atoms with Crippen LogP contribution in [0, 0.1) is 5.92 Å². The number of nitrogens with zero attached hydrogens (tertiary/aromatic N) is 2. The smallest absolute Gasteiger partial charge is 0.191 e. The van der Waals surface area contributed by atoms with Gasteiger partial charge in [-0.05, 0) is 40.0 Å². The predicted octanol–water partition coefficient (Wildman–Crippen LogP) is 2.07. The molecule has 2 rings (SSSR count). The summed E-state index contributed by atoms with van der Waals surface area (Å²) in [7, 11) is 1.84. The lowest BCUT2D eigenvalue weighted by atomic mass is 10.00. The van der Waals surface area contributed by atoms with Crippen LogP contribution in [0.3, 0.4) is 0 Å². The first-order valence-corrected chi connectivity index (χ1v) is 8.19. The lowest BCUT2D eigenvalue weighted by Gasteiger charge is -2.45. The molecule has 4 unspecified atom stereocenters. The van der Waals surface area contributed by atoms with Crippen LogP contribution in [0.5, 0.6) is 0 Å². The van der Waals surface area contributed by atoms with Gasteiger partial charge in [0.1, 0.15) is 0 Å². The van der Waals surface area contributed by atoms with Crippen LogP contribution in [0.1, 0.15) is 41.0 Å². The van der Waals surface area contributed by atoms with Gasteiger partial charge in [0.2, 0.25) is 0 Å². The van der Waals surface area contributed by atoms with E-state index in [1.165, 1.54) is 6.42 Å². The van der Waals surface area contributed by atoms with Crippen LogP contribution < -0.4 is 10.6 Å². The topological polar surface area (TPSA) is 48.9 Å². The summed E-state index contributed by atoms with van der Waals surface area (Å²) in [5, 5.41) is 6.96. The normalized spacial score (nSPS) is 33.1. The summed E-state index contributed by atoms with van der Waals surface area (Å²) in [6.45, 7) is 14.0. The number of hydrogen-bond acceptors (Lipinski definition) is 3. The van der Waals surface area contributed by atoms with Crippen molar-refractivity contribution in [2.24, 2.45) is 10.9 Å². The second-order valence-electron chi connectivity index (χ2n) is 7.36. The SMILES string of the molecule is CN=C(NCC(C)(C)N1CC(C)OC(C)C1)NC1CC1C.I. The quantitative estimate of drug-likeness (QED) is 0.412. The molecular formula is C16H33IN4O. The van der Waals surface area contributed by atoms with E-state index in [-0.39, 0.29) is 29.5 Å². The fourth-order valence-electron chi connectivity index (χ4n) is 2.98. The van der Waals surface area contributed by atoms with Gasteiger partial charge in [0.05, 0.1) is 12.2 Å². The largest absolute Gasteiger partial charge is 0.373 e. The molecule has 0 aromatic carbocycles. The van der Waals surface area contributed by atoms with Crippen LogP contribution in [0.25, 0.3) is 0 Å². The maximum Gasteiger partial charge on any atom is 0.191 e. The van der Waals surface area contributed by atoms with Crippen molar-refractivity contribution in [3.63, 3.8) is 0 Å². The number of aliphatic imine (C=N–C) groups is 1. The van der Waals surface area contributed by atoms with Gasteiger partial charge in [0.15, 0.2) is 5.96 Å². The summed E-state index contributed by atoms with van der Waals surface area (Å²) in [6, 6.07) is 0.600. The van der Waals surface area contributed by atoms with Gasteiger partial charge in [-0.3, -0.25) is 9.89 Å². The van der Waals surface area contributed by atoms with Crippen LogP contribution in [0.15, 0.2) is 4.99 Å². The Morgan fingerprint density at radius 2 is 1.77 bits per heavy atom. The molecule has 1 saturated carbocycles. The van der Waals surface area contributed by atoms with Crippen LogP contribution >= 0.6 is 24.0 Å². The maximum atomic E-state index is 5.83. The third kappa shape index (κ3) is 5.53. The average molecular weight is 424 g/mol. The minimum Gasteiger partial charge on any atom is -0.373 e. The Kier molecular flexibility index (Phi) is 7.39. The molecule has 2 fully saturated rings. The molecule has 4 atom stereocenters. The van der Waals surface area contributed by atoms with E-state index in [0.29, 0.717) is 18.2 Å². The Morgan fingerprint density at radius 3 is 2.23 bits per heavy atom. The van der Waals surface area contributed by atoms with E-state index in [0.717, 1.165) is 31.5 Å². The van der Waals surface area contributed by atoms with E-state index < -0.39 is 0 Å². The number of guanidine groups is 1. The number of rotatable bonds is 4. The predicted molar refractivity (Wildman–Crippen MR) is 103 cm³/mol. The summed E-state index contributed by atoms with van der Waals surface area (Å²) in [6.07, 6.45) is 1.86. The highest BCUT2D eigenvalue weighted by molar-refractivity contribution is 14.0. The van der Waals surface area contributed by atoms with Gasteiger partial charge in [0, 0.05) is 38.3 Å². The highest BCUT2D eigenvalue weighted by atomic mass is 127. The molecule has 6 heteroatoms. The summed E-state index contributed by atoms with van der Waals surface area (Å²) in [4.78, 5) is 6.85. The molecule has 2 N–H and O–H groups in total. The Hall–Kier alpha value is -0.0800. The molecule has 1 saturated heterocycles. The zero-order valence-electron chi connectivity index (χ0n) is 14.8. The number of morpholine rings is 1. The summed E-state index contributed by atoms with van der Waals surface area (Å²) >= 11 is 0. The Morgan fingerprint density at radius 1 is 1.23 bits per heavy atom. The monoisotopic (exact) mass is 424 g/mol. The molecule has 22 heavy (non-hydrogen) atoms. The molecule has 0 bridgehead atoms. The van der Waals surface area contributed by atoms with Gasteiger partial charge in [-0.1, -0.05) is 6.92 Å². The number of hydrogen-bond donors (Lipinski definition) is 2. The van der Waals surface area contributed by atoms with Gasteiger partial charge in [-0.25, -0.2) is 0 Å². The average Bonchev–Trinajstić information content (AvgIpc) is 3.09. The first-order valence-electron chi connectivity index (χ1n) is 8.19. The van der Waals surface area contributed by atoms with Crippen molar-refractivity contribution in [1.82, 2.24) is 15.5 Å². The molecule has 0 radical (unpaired) electrons. The lowest BCUT2D eigenvalue weighted by molar-refractivity contribution is -0.0946. The van der Waals surface area contributed by atoms with Crippen molar-refractivity contribution in [2.75, 3.05) is 26.7 Å². The second kappa shape index (κ2) is 8.15. The summed E-state index contributed by atoms with van der Waals surface area (Å²) in [5.41, 5.74) is 0.0824. The molecule has 0 spiro atoms. The maximum absolute atomic E-state index is 5.83. The zero-order valence-corrected chi connectivity index (χ0v) is 17.2. The standard InChI is InChI=1S/C16H32N4O.HI/c1-11-7-14(11)19-15(17-6)18-10-16(4,5)20-8-12(2)21-13(3)9-20;/h11-14H,7-10H2,1-6H3,(H2,17,18,19);1H. The van der Waals surface area contributed by atoms with E-state index in [1.54, 1.807) is 0 Å². The molecule has 5 nitrogen and oxygen atoms in total. The molecule has 1 heterocycles. The van der Waals surface area contributed by atoms with Crippen molar-refractivity contribution in [3.8, 4) is 0 Å². The Bertz CT molecular complexity index is 378. The number of halogens is 1. The van der Waals surface area contributed by atoms with E-state index in [1.807, 2.05) is 7.05 Å². The molecule has 1 aliphatic heterocycles. The molecule has 0 amide bonds. The number of nitrogens with one attached hydrogen (secondary N) is 2. The third-order valence-electron chi connectivity index (χ3n) is 4.62. The first-order chi connectivity index (χ1) is 9.81. The van der Waals surface area contributed by atoms with Crippen LogP contribution in [-0.2, 0) is 4.74 Å². The van der Waals surface area contributed by atoms with Gasteiger partial charge in [0.25, 0.3) is 0 Å². The third-order valence-corrected chi connectivity index (χ3v) is 4.62. The van der Waals surface area contributed by atoms with Crippen molar-refractivity contribution in [1.29, 1.82) is 0 Å². The lowest BCUT2D eigenvalue weighted by Crippen LogP contribution is -2.59. The molecule has 0 aromatic rings. The van der Waals surface area contributed by atoms with Crippen LogP contribution in [0.2, 0.25) is 0 Å². The molecule has 2 aliphatic rings. The first kappa shape index (κ1) is 20.0. The van der Waals surface area contributed by atoms with Crippen molar-refractivity contribution < 1.29 is 4.74 Å². The fourth-order valence-corrected chi connectivity index (χ4v) is 2.98. The van der Waals surface area contributed by atoms with Gasteiger partial charge >= 0.3 is 0 Å². The van der Waals surface area contributed by atoms with Gasteiger partial charge in [-0.15, -0.1) is 24.0 Å². The number of ether oxygens (including phenoxy) is 1. The van der Waals surface area contributed by atoms with E-state index in [2.05, 4.69) is 55.1 Å². The summed E-state index contributed by atoms with van der Waals surface area (Å²) < 4.78 is 5.83. The van der Waals surface area contributed by atoms with Crippen LogP contribution in [0.4, 0.5) is 0 Å². The molecule has 130 valence electrons. The Balaban J connectivity index is 0.00000242. The minimum atomic E-state index is 0. The van der Waals surface area contributed by atoms with Crippen molar-refractivity contribution in [3.05, 3.63) is 0 Å². The van der Waals surface area contributed by atoms with Crippen LogP contribution in [-0.4, -0.2) is 61.3 Å². The minimum absolute atomic E-state index is 0. The van der Waals surface area contributed by atoms with Gasteiger partial charge < -0.3 is 15.4 Å². The molecule has 1 aliphatic carbocycles. The van der Waals surface area contributed by atoms with E-state index in [4.69, 9.17) is 4.74 Å². The Labute approximate surface area is 152 Å². The highest BCUT2D eigenvalue weighted by Crippen LogP contribution is 2.28. The second-order valence-corrected chi connectivity index (χ2v) is 7.36. The molecule has 0 aromatic heterocycles. The van der Waals surface area contributed by atoms with E-state index >= 15 is 0 Å². The summed E-state index contributed by atoms with van der Waals surface area (Å²) in [5.74, 6) is 1.70. The zero-order chi connectivity index (χ0) is 15.6.